The third-order valence-corrected chi connectivity index (χ3v) is 2.97. The van der Waals surface area contributed by atoms with Crippen LogP contribution in [0.2, 0.25) is 0 Å². The minimum absolute atomic E-state index is 0.278. The van der Waals surface area contributed by atoms with Crippen molar-refractivity contribution < 1.29 is 5.11 Å². The zero-order chi connectivity index (χ0) is 12.7. The van der Waals surface area contributed by atoms with Crippen molar-refractivity contribution in [2.75, 3.05) is 6.54 Å². The normalized spacial score (nSPS) is 14.9. The predicted octanol–water partition coefficient (Wildman–Crippen LogP) is 1.95. The van der Waals surface area contributed by atoms with Gasteiger partial charge in [0.25, 0.3) is 0 Å². The van der Waals surface area contributed by atoms with Crippen LogP contribution in [0.4, 0.5) is 0 Å². The number of aliphatic hydroxyl groups excluding tert-OH is 1. The third-order valence-electron chi connectivity index (χ3n) is 2.97. The molecular formula is C14H24N2O. The summed E-state index contributed by atoms with van der Waals surface area (Å²) in [6.45, 7) is 5.79. The van der Waals surface area contributed by atoms with Crippen molar-refractivity contribution in [3.63, 3.8) is 0 Å². The first-order valence-corrected chi connectivity index (χ1v) is 6.40. The number of aliphatic hydroxyl groups is 1. The Morgan fingerprint density at radius 2 is 1.88 bits per heavy atom. The molecular weight excluding hydrogens is 212 g/mol. The first kappa shape index (κ1) is 14.2. The summed E-state index contributed by atoms with van der Waals surface area (Å²) in [5.74, 6) is 0. The van der Waals surface area contributed by atoms with Crippen molar-refractivity contribution >= 4 is 0 Å². The van der Waals surface area contributed by atoms with Gasteiger partial charge in [0, 0.05) is 6.54 Å². The van der Waals surface area contributed by atoms with Crippen LogP contribution in [0.15, 0.2) is 30.3 Å². The zero-order valence-corrected chi connectivity index (χ0v) is 10.8. The highest BCUT2D eigenvalue weighted by atomic mass is 16.3. The fourth-order valence-electron chi connectivity index (χ4n) is 1.92. The van der Waals surface area contributed by atoms with Crippen molar-refractivity contribution in [3.8, 4) is 0 Å². The molecule has 3 heteroatoms. The summed E-state index contributed by atoms with van der Waals surface area (Å²) < 4.78 is 0. The molecule has 1 aromatic carbocycles. The van der Waals surface area contributed by atoms with Crippen LogP contribution in [-0.4, -0.2) is 28.8 Å². The molecule has 0 fully saturated rings. The molecule has 0 amide bonds. The molecule has 0 saturated heterocycles. The van der Waals surface area contributed by atoms with Crippen LogP contribution < -0.4 is 5.73 Å². The lowest BCUT2D eigenvalue weighted by atomic mass is 10.1. The van der Waals surface area contributed by atoms with E-state index in [0.29, 0.717) is 6.42 Å². The van der Waals surface area contributed by atoms with E-state index in [1.807, 2.05) is 25.1 Å². The average Bonchev–Trinajstić information content (AvgIpc) is 2.37. The minimum atomic E-state index is -0.453. The molecule has 2 unspecified atom stereocenters. The Labute approximate surface area is 104 Å². The summed E-state index contributed by atoms with van der Waals surface area (Å²) in [6, 6.07) is 10.2. The summed E-state index contributed by atoms with van der Waals surface area (Å²) in [7, 11) is 0. The first-order chi connectivity index (χ1) is 8.19. The Morgan fingerprint density at radius 3 is 2.41 bits per heavy atom. The zero-order valence-electron chi connectivity index (χ0n) is 10.8. The number of rotatable bonds is 7. The second-order valence-electron chi connectivity index (χ2n) is 4.42. The predicted molar refractivity (Wildman–Crippen MR) is 71.4 cm³/mol. The summed E-state index contributed by atoms with van der Waals surface area (Å²) in [6.07, 6.45) is 0.998. The quantitative estimate of drug-likeness (QED) is 0.711. The molecule has 17 heavy (non-hydrogen) atoms. The summed E-state index contributed by atoms with van der Waals surface area (Å²) in [5.41, 5.74) is 7.32. The van der Waals surface area contributed by atoms with Gasteiger partial charge in [-0.15, -0.1) is 0 Å². The minimum Gasteiger partial charge on any atom is -0.390 e. The van der Waals surface area contributed by atoms with E-state index in [4.69, 9.17) is 5.73 Å². The number of hydrogen-bond acceptors (Lipinski definition) is 3. The molecule has 3 N–H and O–H groups in total. The number of nitrogens with two attached hydrogens (primary N) is 1. The Bertz CT molecular complexity index is 302. The van der Waals surface area contributed by atoms with Crippen molar-refractivity contribution in [1.29, 1.82) is 0 Å². The molecule has 0 aromatic heterocycles. The van der Waals surface area contributed by atoms with Crippen LogP contribution in [0.5, 0.6) is 0 Å². The Morgan fingerprint density at radius 1 is 1.24 bits per heavy atom. The molecule has 0 radical (unpaired) electrons. The summed E-state index contributed by atoms with van der Waals surface area (Å²) in [4.78, 5) is 2.14. The van der Waals surface area contributed by atoms with Crippen molar-refractivity contribution in [2.45, 2.75) is 45.5 Å². The fourth-order valence-corrected chi connectivity index (χ4v) is 1.92. The second kappa shape index (κ2) is 7.43. The highest BCUT2D eigenvalue weighted by Crippen LogP contribution is 2.10. The van der Waals surface area contributed by atoms with Gasteiger partial charge in [-0.3, -0.25) is 4.90 Å². The molecule has 1 rings (SSSR count). The second-order valence-corrected chi connectivity index (χ2v) is 4.42. The molecule has 0 aliphatic rings. The van der Waals surface area contributed by atoms with Crippen LogP contribution in [0.1, 0.15) is 32.3 Å². The van der Waals surface area contributed by atoms with Crippen LogP contribution in [-0.2, 0) is 6.54 Å². The summed E-state index contributed by atoms with van der Waals surface area (Å²) in [5, 5.41) is 9.83. The maximum atomic E-state index is 9.83. The lowest BCUT2D eigenvalue weighted by molar-refractivity contribution is 0.0449. The van der Waals surface area contributed by atoms with Gasteiger partial charge in [0.15, 0.2) is 0 Å². The van der Waals surface area contributed by atoms with E-state index in [1.54, 1.807) is 0 Å². The van der Waals surface area contributed by atoms with Gasteiger partial charge in [-0.25, -0.2) is 0 Å². The highest BCUT2D eigenvalue weighted by Gasteiger charge is 2.20. The number of nitrogens with zero attached hydrogens (tertiary/aromatic N) is 1. The highest BCUT2D eigenvalue weighted by molar-refractivity contribution is 5.14. The maximum Gasteiger partial charge on any atom is 0.0842 e. The van der Waals surface area contributed by atoms with E-state index in [-0.39, 0.29) is 6.17 Å². The van der Waals surface area contributed by atoms with E-state index in [0.717, 1.165) is 19.5 Å². The molecule has 0 aliphatic heterocycles. The van der Waals surface area contributed by atoms with Crippen LogP contribution in [0.3, 0.4) is 0 Å². The van der Waals surface area contributed by atoms with E-state index in [9.17, 15) is 5.11 Å². The van der Waals surface area contributed by atoms with Gasteiger partial charge in [-0.2, -0.15) is 0 Å². The average molecular weight is 236 g/mol. The van der Waals surface area contributed by atoms with E-state index in [1.165, 1.54) is 5.56 Å². The Balaban J connectivity index is 2.66. The molecule has 0 spiro atoms. The van der Waals surface area contributed by atoms with E-state index >= 15 is 0 Å². The van der Waals surface area contributed by atoms with Gasteiger partial charge in [0.2, 0.25) is 0 Å². The van der Waals surface area contributed by atoms with E-state index < -0.39 is 6.10 Å². The lowest BCUT2D eigenvalue weighted by Crippen LogP contribution is -2.49. The standard InChI is InChI=1S/C14H24N2O/c1-3-10-16(14(15)13(17)4-2)11-12-8-6-5-7-9-12/h5-9,13-14,17H,3-4,10-11,15H2,1-2H3. The van der Waals surface area contributed by atoms with Crippen LogP contribution in [0.25, 0.3) is 0 Å². The maximum absolute atomic E-state index is 9.83. The molecule has 0 heterocycles. The van der Waals surface area contributed by atoms with Crippen LogP contribution in [0, 0.1) is 0 Å². The van der Waals surface area contributed by atoms with Gasteiger partial charge in [0.05, 0.1) is 12.3 Å². The molecule has 0 saturated carbocycles. The van der Waals surface area contributed by atoms with Gasteiger partial charge in [-0.1, -0.05) is 44.2 Å². The Kier molecular flexibility index (Phi) is 6.19. The van der Waals surface area contributed by atoms with Crippen molar-refractivity contribution in [2.24, 2.45) is 5.73 Å². The van der Waals surface area contributed by atoms with Crippen molar-refractivity contribution in [1.82, 2.24) is 4.90 Å². The number of hydrogen-bond donors (Lipinski definition) is 2. The van der Waals surface area contributed by atoms with Crippen molar-refractivity contribution in [3.05, 3.63) is 35.9 Å². The molecule has 0 bridgehead atoms. The topological polar surface area (TPSA) is 49.5 Å². The monoisotopic (exact) mass is 236 g/mol. The smallest absolute Gasteiger partial charge is 0.0842 e. The van der Waals surface area contributed by atoms with E-state index in [2.05, 4.69) is 24.0 Å². The largest absolute Gasteiger partial charge is 0.390 e. The van der Waals surface area contributed by atoms with Gasteiger partial charge < -0.3 is 10.8 Å². The third kappa shape index (κ3) is 4.46. The molecule has 2 atom stereocenters. The summed E-state index contributed by atoms with van der Waals surface area (Å²) >= 11 is 0. The first-order valence-electron chi connectivity index (χ1n) is 6.40. The van der Waals surface area contributed by atoms with Crippen LogP contribution >= 0.6 is 0 Å². The molecule has 0 aliphatic carbocycles. The van der Waals surface area contributed by atoms with Gasteiger partial charge >= 0.3 is 0 Å². The molecule has 96 valence electrons. The molecule has 1 aromatic rings. The van der Waals surface area contributed by atoms with Gasteiger partial charge in [0.1, 0.15) is 0 Å². The number of benzene rings is 1. The molecule has 3 nitrogen and oxygen atoms in total. The van der Waals surface area contributed by atoms with Gasteiger partial charge in [-0.05, 0) is 24.9 Å². The SMILES string of the molecule is CCCN(Cc1ccccc1)C(N)C(O)CC. The lowest BCUT2D eigenvalue weighted by Gasteiger charge is -2.31. The Hall–Kier alpha value is -0.900. The fraction of sp³-hybridized carbons (Fsp3) is 0.571.